The molecule has 4 nitrogen and oxygen atoms in total. The number of pyridine rings is 1. The van der Waals surface area contributed by atoms with Crippen molar-refractivity contribution >= 4 is 12.1 Å². The summed E-state index contributed by atoms with van der Waals surface area (Å²) in [7, 11) is 0. The Morgan fingerprint density at radius 1 is 1.40 bits per heavy atom. The molecule has 1 amide bonds. The maximum Gasteiger partial charge on any atom is 0.204 e. The molecule has 0 aliphatic carbocycles. The number of carbonyl (C=O) groups excluding carboxylic acids is 1. The predicted octanol–water partition coefficient (Wildman–Crippen LogP) is -0.235. The molecule has 1 aromatic heterocycles. The van der Waals surface area contributed by atoms with E-state index in [1.807, 2.05) is 0 Å². The largest absolute Gasteiger partial charge is 0.399 e. The third kappa shape index (κ3) is 4.58. The fourth-order valence-electron chi connectivity index (χ4n) is 0.363. The lowest BCUT2D eigenvalue weighted by atomic mass is 10.4. The van der Waals surface area contributed by atoms with Gasteiger partial charge in [0.25, 0.3) is 0 Å². The van der Waals surface area contributed by atoms with Gasteiger partial charge in [0.1, 0.15) is 0 Å². The lowest BCUT2D eigenvalue weighted by Gasteiger charge is -1.83. The molecule has 0 radical (unpaired) electrons. The summed E-state index contributed by atoms with van der Waals surface area (Å²) in [4.78, 5) is 12.3. The van der Waals surface area contributed by atoms with Crippen LogP contribution in [-0.2, 0) is 4.79 Å². The number of carbonyl (C=O) groups is 1. The summed E-state index contributed by atoms with van der Waals surface area (Å²) >= 11 is 0. The first-order valence-corrected chi connectivity index (χ1v) is 2.62. The zero-order chi connectivity index (χ0) is 7.82. The Morgan fingerprint density at radius 2 is 1.80 bits per heavy atom. The van der Waals surface area contributed by atoms with E-state index in [4.69, 9.17) is 10.5 Å². The normalized spacial score (nSPS) is 7.20. The fraction of sp³-hybridized carbons (Fsp3) is 0. The van der Waals surface area contributed by atoms with E-state index in [9.17, 15) is 0 Å². The molecule has 1 heterocycles. The van der Waals surface area contributed by atoms with E-state index in [1.165, 1.54) is 0 Å². The Bertz CT molecular complexity index is 176. The van der Waals surface area contributed by atoms with Crippen LogP contribution in [0.2, 0.25) is 0 Å². The van der Waals surface area contributed by atoms with E-state index >= 15 is 0 Å². The zero-order valence-corrected chi connectivity index (χ0v) is 5.40. The Balaban J connectivity index is 0.000000236. The van der Waals surface area contributed by atoms with Gasteiger partial charge >= 0.3 is 0 Å². The molecule has 0 aliphatic heterocycles. The molecule has 0 aromatic carbocycles. The van der Waals surface area contributed by atoms with Gasteiger partial charge in [0.2, 0.25) is 6.41 Å². The van der Waals surface area contributed by atoms with Crippen LogP contribution >= 0.6 is 0 Å². The third-order valence-electron chi connectivity index (χ3n) is 0.706. The number of hydrogen-bond acceptors (Lipinski definition) is 3. The van der Waals surface area contributed by atoms with Crippen LogP contribution < -0.4 is 11.5 Å². The van der Waals surface area contributed by atoms with Gasteiger partial charge in [-0.25, -0.2) is 0 Å². The molecule has 0 saturated carbocycles. The van der Waals surface area contributed by atoms with Crippen LogP contribution in [0.15, 0.2) is 24.5 Å². The minimum atomic E-state index is 0.250. The van der Waals surface area contributed by atoms with Crippen molar-refractivity contribution in [3.05, 3.63) is 24.5 Å². The van der Waals surface area contributed by atoms with Crippen LogP contribution in [-0.4, -0.2) is 11.4 Å². The van der Waals surface area contributed by atoms with Crippen LogP contribution in [0.25, 0.3) is 0 Å². The second-order valence-corrected chi connectivity index (χ2v) is 1.42. The van der Waals surface area contributed by atoms with E-state index in [-0.39, 0.29) is 6.41 Å². The zero-order valence-electron chi connectivity index (χ0n) is 5.40. The molecule has 0 saturated heterocycles. The number of nitrogen functional groups attached to an aromatic ring is 1. The molecule has 0 aliphatic rings. The molecule has 0 spiro atoms. The van der Waals surface area contributed by atoms with Crippen molar-refractivity contribution in [2.75, 3.05) is 5.73 Å². The van der Waals surface area contributed by atoms with Crippen molar-refractivity contribution in [3.63, 3.8) is 0 Å². The molecule has 0 fully saturated rings. The Labute approximate surface area is 58.9 Å². The highest BCUT2D eigenvalue weighted by Crippen LogP contribution is 1.92. The minimum Gasteiger partial charge on any atom is -0.399 e. The topological polar surface area (TPSA) is 82.0 Å². The van der Waals surface area contributed by atoms with Gasteiger partial charge in [-0.1, -0.05) is 0 Å². The second-order valence-electron chi connectivity index (χ2n) is 1.42. The van der Waals surface area contributed by atoms with Crippen molar-refractivity contribution in [2.24, 2.45) is 5.73 Å². The second kappa shape index (κ2) is 5.55. The monoisotopic (exact) mass is 139 g/mol. The number of rotatable bonds is 0. The number of nitrogens with zero attached hydrogens (tertiary/aromatic N) is 1. The molecule has 0 atom stereocenters. The van der Waals surface area contributed by atoms with Crippen LogP contribution in [0.4, 0.5) is 5.69 Å². The number of amides is 1. The highest BCUT2D eigenvalue weighted by Gasteiger charge is 1.73. The summed E-state index contributed by atoms with van der Waals surface area (Å²) < 4.78 is 0. The number of primary amides is 1. The van der Waals surface area contributed by atoms with Crippen molar-refractivity contribution in [1.82, 2.24) is 4.98 Å². The quantitative estimate of drug-likeness (QED) is 0.487. The lowest BCUT2D eigenvalue weighted by molar-refractivity contribution is -0.106. The molecule has 1 aromatic rings. The summed E-state index contributed by atoms with van der Waals surface area (Å²) in [6.07, 6.45) is 3.57. The molecule has 0 bridgehead atoms. The van der Waals surface area contributed by atoms with E-state index < -0.39 is 0 Å². The summed E-state index contributed by atoms with van der Waals surface area (Å²) in [5, 5.41) is 0. The van der Waals surface area contributed by atoms with Gasteiger partial charge in [-0.3, -0.25) is 9.78 Å². The third-order valence-corrected chi connectivity index (χ3v) is 0.706. The number of aromatic nitrogens is 1. The number of hydrogen-bond donors (Lipinski definition) is 2. The Kier molecular flexibility index (Phi) is 4.68. The molecular formula is C6H9N3O. The van der Waals surface area contributed by atoms with Crippen molar-refractivity contribution < 1.29 is 4.79 Å². The van der Waals surface area contributed by atoms with E-state index in [0.717, 1.165) is 5.69 Å². The highest BCUT2D eigenvalue weighted by molar-refractivity contribution is 5.42. The number of nitrogens with two attached hydrogens (primary N) is 2. The molecular weight excluding hydrogens is 130 g/mol. The SMILES string of the molecule is NC=O.Nc1ccncc1. The van der Waals surface area contributed by atoms with Gasteiger partial charge in [-0.2, -0.15) is 0 Å². The first-order chi connectivity index (χ1) is 4.81. The standard InChI is InChI=1S/C5H6N2.CH3NO/c6-5-1-3-7-4-2-5;2-1-3/h1-4H,(H2,6,7);1H,(H2,2,3). The molecule has 10 heavy (non-hydrogen) atoms. The van der Waals surface area contributed by atoms with Gasteiger partial charge in [0, 0.05) is 18.1 Å². The summed E-state index contributed by atoms with van der Waals surface area (Å²) in [5.74, 6) is 0. The summed E-state index contributed by atoms with van der Waals surface area (Å²) in [6, 6.07) is 3.50. The summed E-state index contributed by atoms with van der Waals surface area (Å²) in [5.41, 5.74) is 10.2. The molecule has 1 rings (SSSR count). The highest BCUT2D eigenvalue weighted by atomic mass is 16.1. The van der Waals surface area contributed by atoms with Crippen molar-refractivity contribution in [1.29, 1.82) is 0 Å². The predicted molar refractivity (Wildman–Crippen MR) is 38.9 cm³/mol. The van der Waals surface area contributed by atoms with Gasteiger partial charge in [-0.15, -0.1) is 0 Å². The van der Waals surface area contributed by atoms with Gasteiger partial charge in [0.15, 0.2) is 0 Å². The Morgan fingerprint density at radius 3 is 2.00 bits per heavy atom. The molecule has 4 heteroatoms. The first kappa shape index (κ1) is 8.42. The first-order valence-electron chi connectivity index (χ1n) is 2.62. The van der Waals surface area contributed by atoms with Crippen LogP contribution in [0.3, 0.4) is 0 Å². The average molecular weight is 139 g/mol. The maximum atomic E-state index is 8.58. The smallest absolute Gasteiger partial charge is 0.204 e. The maximum absolute atomic E-state index is 8.58. The van der Waals surface area contributed by atoms with Crippen molar-refractivity contribution in [2.45, 2.75) is 0 Å². The lowest BCUT2D eigenvalue weighted by Crippen LogP contribution is -1.82. The van der Waals surface area contributed by atoms with Gasteiger partial charge in [0.05, 0.1) is 0 Å². The van der Waals surface area contributed by atoms with Crippen LogP contribution in [0.5, 0.6) is 0 Å². The van der Waals surface area contributed by atoms with Gasteiger partial charge in [-0.05, 0) is 12.1 Å². The number of anilines is 1. The van der Waals surface area contributed by atoms with Crippen LogP contribution in [0.1, 0.15) is 0 Å². The van der Waals surface area contributed by atoms with E-state index in [2.05, 4.69) is 10.7 Å². The fourth-order valence-corrected chi connectivity index (χ4v) is 0.363. The van der Waals surface area contributed by atoms with E-state index in [1.54, 1.807) is 24.5 Å². The van der Waals surface area contributed by atoms with Crippen LogP contribution in [0, 0.1) is 0 Å². The molecule has 0 unspecified atom stereocenters. The molecule has 4 N–H and O–H groups in total. The minimum absolute atomic E-state index is 0.250. The van der Waals surface area contributed by atoms with Gasteiger partial charge < -0.3 is 11.5 Å². The average Bonchev–Trinajstić information content (AvgIpc) is 1.91. The van der Waals surface area contributed by atoms with E-state index in [0.29, 0.717) is 0 Å². The Hall–Kier alpha value is -1.58. The molecule has 54 valence electrons. The van der Waals surface area contributed by atoms with Crippen molar-refractivity contribution in [3.8, 4) is 0 Å². The summed E-state index contributed by atoms with van der Waals surface area (Å²) in [6.45, 7) is 0.